The minimum atomic E-state index is -0.595. The number of thiophene rings is 1. The number of carbonyl (C=O) groups excluding carboxylic acids is 2. The Labute approximate surface area is 197 Å². The predicted octanol–water partition coefficient (Wildman–Crippen LogP) is 4.25. The number of nitrogen functional groups attached to an aromatic ring is 1. The topological polar surface area (TPSA) is 127 Å². The van der Waals surface area contributed by atoms with E-state index in [-0.39, 0.29) is 30.5 Å². The number of hydrogen-bond acceptors (Lipinski definition) is 11. The summed E-state index contributed by atoms with van der Waals surface area (Å²) >= 11 is 2.50. The number of carbonyl (C=O) groups is 2. The number of methoxy groups -OCH3 is 1. The fourth-order valence-electron chi connectivity index (χ4n) is 3.11. The first-order valence-electron chi connectivity index (χ1n) is 9.91. The fraction of sp³-hybridized carbons (Fsp3) is 0.227. The van der Waals surface area contributed by atoms with Gasteiger partial charge in [0.2, 0.25) is 0 Å². The second kappa shape index (κ2) is 9.51. The van der Waals surface area contributed by atoms with Crippen molar-refractivity contribution in [3.8, 4) is 16.3 Å². The van der Waals surface area contributed by atoms with E-state index in [4.69, 9.17) is 19.9 Å². The van der Waals surface area contributed by atoms with Crippen LogP contribution in [-0.2, 0) is 16.1 Å². The highest BCUT2D eigenvalue weighted by molar-refractivity contribution is 7.20. The second-order valence-corrected chi connectivity index (χ2v) is 8.68. The lowest BCUT2D eigenvalue weighted by atomic mass is 10.2. The number of rotatable bonds is 7. The summed E-state index contributed by atoms with van der Waals surface area (Å²) in [4.78, 5) is 38.6. The highest BCUT2D eigenvalue weighted by Gasteiger charge is 2.21. The zero-order chi connectivity index (χ0) is 23.5. The average molecular weight is 485 g/mol. The van der Waals surface area contributed by atoms with Gasteiger partial charge in [-0.05, 0) is 43.7 Å². The predicted molar refractivity (Wildman–Crippen MR) is 126 cm³/mol. The summed E-state index contributed by atoms with van der Waals surface area (Å²) < 4.78 is 15.6. The van der Waals surface area contributed by atoms with Gasteiger partial charge >= 0.3 is 11.9 Å². The average Bonchev–Trinajstić information content (AvgIpc) is 3.43. The first kappa shape index (κ1) is 22.6. The Kier molecular flexibility index (Phi) is 6.52. The summed E-state index contributed by atoms with van der Waals surface area (Å²) in [5.74, 6) is 0.160. The molecule has 0 aliphatic rings. The van der Waals surface area contributed by atoms with E-state index in [1.54, 1.807) is 26.3 Å². The summed E-state index contributed by atoms with van der Waals surface area (Å²) in [5.41, 5.74) is 7.82. The third-order valence-corrected chi connectivity index (χ3v) is 6.77. The largest absolute Gasteiger partial charge is 0.497 e. The number of esters is 2. The number of benzene rings is 1. The molecule has 0 saturated heterocycles. The lowest BCUT2D eigenvalue weighted by Gasteiger charge is -2.04. The van der Waals surface area contributed by atoms with E-state index >= 15 is 0 Å². The van der Waals surface area contributed by atoms with Crippen LogP contribution in [0.2, 0.25) is 0 Å². The molecule has 0 radical (unpaired) electrons. The number of aryl methyl sites for hydroxylation is 1. The molecule has 4 aromatic rings. The molecular formula is C22H20N4O5S2. The van der Waals surface area contributed by atoms with Crippen molar-refractivity contribution in [1.82, 2.24) is 15.0 Å². The van der Waals surface area contributed by atoms with Crippen molar-refractivity contribution in [2.75, 3.05) is 19.5 Å². The molecule has 2 N–H and O–H groups in total. The van der Waals surface area contributed by atoms with Crippen molar-refractivity contribution in [1.29, 1.82) is 0 Å². The third kappa shape index (κ3) is 4.64. The number of fused-ring (bicyclic) bond motifs is 1. The molecule has 0 spiro atoms. The van der Waals surface area contributed by atoms with E-state index < -0.39 is 11.9 Å². The zero-order valence-electron chi connectivity index (χ0n) is 18.1. The lowest BCUT2D eigenvalue weighted by molar-refractivity contribution is 0.0456. The van der Waals surface area contributed by atoms with Gasteiger partial charge in [0.1, 0.15) is 26.3 Å². The monoisotopic (exact) mass is 484 g/mol. The van der Waals surface area contributed by atoms with Crippen LogP contribution < -0.4 is 10.5 Å². The van der Waals surface area contributed by atoms with Crippen LogP contribution in [0.3, 0.4) is 0 Å². The number of anilines is 1. The van der Waals surface area contributed by atoms with Gasteiger partial charge in [-0.3, -0.25) is 0 Å². The molecule has 0 atom stereocenters. The van der Waals surface area contributed by atoms with Crippen molar-refractivity contribution in [3.63, 3.8) is 0 Å². The van der Waals surface area contributed by atoms with Crippen LogP contribution in [0.15, 0.2) is 29.6 Å². The summed E-state index contributed by atoms with van der Waals surface area (Å²) in [6.07, 6.45) is 0. The molecule has 9 nitrogen and oxygen atoms in total. The van der Waals surface area contributed by atoms with Crippen LogP contribution in [0, 0.1) is 6.92 Å². The molecule has 0 bridgehead atoms. The molecule has 0 fully saturated rings. The Morgan fingerprint density at radius 2 is 1.82 bits per heavy atom. The molecule has 3 aromatic heterocycles. The number of aromatic nitrogens is 3. The quantitative estimate of drug-likeness (QED) is 0.383. The Bertz CT molecular complexity index is 1330. The van der Waals surface area contributed by atoms with Crippen LogP contribution in [-0.4, -0.2) is 40.6 Å². The van der Waals surface area contributed by atoms with Crippen LogP contribution >= 0.6 is 22.7 Å². The minimum absolute atomic E-state index is 0.180. The first-order valence-corrected chi connectivity index (χ1v) is 11.6. The maximum atomic E-state index is 12.5. The molecule has 4 rings (SSSR count). The Balaban J connectivity index is 1.48. The number of thiazole rings is 1. The standard InChI is InChI=1S/C22H20N4O5S2/c1-4-30-22(28)17-11(2)16-18(23)25-15(26-20(16)33-17)9-31-21(27)14-10-32-19(24-14)12-5-7-13(29-3)8-6-12/h5-8,10H,4,9H2,1-3H3,(H2,23,25,26). The summed E-state index contributed by atoms with van der Waals surface area (Å²) in [6, 6.07) is 7.39. The first-order chi connectivity index (χ1) is 15.9. The molecule has 0 unspecified atom stereocenters. The van der Waals surface area contributed by atoms with Crippen LogP contribution in [0.25, 0.3) is 20.8 Å². The molecule has 11 heteroatoms. The van der Waals surface area contributed by atoms with E-state index in [0.29, 0.717) is 25.7 Å². The van der Waals surface area contributed by atoms with Gasteiger partial charge in [-0.25, -0.2) is 24.5 Å². The van der Waals surface area contributed by atoms with Crippen LogP contribution in [0.4, 0.5) is 5.82 Å². The van der Waals surface area contributed by atoms with Gasteiger partial charge in [0, 0.05) is 10.9 Å². The van der Waals surface area contributed by atoms with Crippen molar-refractivity contribution >= 4 is 50.6 Å². The third-order valence-electron chi connectivity index (χ3n) is 4.71. The van der Waals surface area contributed by atoms with E-state index in [1.807, 2.05) is 24.3 Å². The molecule has 33 heavy (non-hydrogen) atoms. The van der Waals surface area contributed by atoms with Crippen molar-refractivity contribution < 1.29 is 23.8 Å². The Hall–Kier alpha value is -3.57. The summed E-state index contributed by atoms with van der Waals surface area (Å²) in [6.45, 7) is 3.60. The number of hydrogen-bond donors (Lipinski definition) is 1. The van der Waals surface area contributed by atoms with Gasteiger partial charge in [0.15, 0.2) is 18.1 Å². The number of nitrogens with two attached hydrogens (primary N) is 1. The summed E-state index contributed by atoms with van der Waals surface area (Å²) in [7, 11) is 1.60. The van der Waals surface area contributed by atoms with E-state index in [0.717, 1.165) is 11.3 Å². The van der Waals surface area contributed by atoms with Crippen LogP contribution in [0.5, 0.6) is 5.75 Å². The van der Waals surface area contributed by atoms with Gasteiger partial charge < -0.3 is 19.9 Å². The van der Waals surface area contributed by atoms with Crippen molar-refractivity contribution in [2.24, 2.45) is 0 Å². The van der Waals surface area contributed by atoms with E-state index in [2.05, 4.69) is 15.0 Å². The normalized spacial score (nSPS) is 10.9. The molecule has 0 aliphatic heterocycles. The number of ether oxygens (including phenoxy) is 3. The maximum Gasteiger partial charge on any atom is 0.358 e. The van der Waals surface area contributed by atoms with Gasteiger partial charge in [-0.1, -0.05) is 0 Å². The SMILES string of the molecule is CCOC(=O)c1sc2nc(COC(=O)c3csc(-c4ccc(OC)cc4)n3)nc(N)c2c1C. The summed E-state index contributed by atoms with van der Waals surface area (Å²) in [5, 5.41) is 2.92. The molecule has 170 valence electrons. The Morgan fingerprint density at radius 1 is 1.06 bits per heavy atom. The van der Waals surface area contributed by atoms with Gasteiger partial charge in [0.25, 0.3) is 0 Å². The van der Waals surface area contributed by atoms with Crippen molar-refractivity contribution in [2.45, 2.75) is 20.5 Å². The highest BCUT2D eigenvalue weighted by atomic mass is 32.1. The molecule has 3 heterocycles. The second-order valence-electron chi connectivity index (χ2n) is 6.82. The van der Waals surface area contributed by atoms with Gasteiger partial charge in [-0.2, -0.15) is 0 Å². The van der Waals surface area contributed by atoms with Gasteiger partial charge in [0.05, 0.1) is 19.1 Å². The van der Waals surface area contributed by atoms with Crippen molar-refractivity contribution in [3.05, 3.63) is 51.6 Å². The van der Waals surface area contributed by atoms with Gasteiger partial charge in [-0.15, -0.1) is 22.7 Å². The fourth-order valence-corrected chi connectivity index (χ4v) is 5.01. The molecular weight excluding hydrogens is 464 g/mol. The highest BCUT2D eigenvalue weighted by Crippen LogP contribution is 2.33. The number of nitrogens with zero attached hydrogens (tertiary/aromatic N) is 3. The lowest BCUT2D eigenvalue weighted by Crippen LogP contribution is -2.09. The van der Waals surface area contributed by atoms with Crippen LogP contribution in [0.1, 0.15) is 38.5 Å². The smallest absolute Gasteiger partial charge is 0.358 e. The van der Waals surface area contributed by atoms with E-state index in [1.165, 1.54) is 22.7 Å². The molecule has 0 aliphatic carbocycles. The Morgan fingerprint density at radius 3 is 2.52 bits per heavy atom. The van der Waals surface area contributed by atoms with E-state index in [9.17, 15) is 9.59 Å². The minimum Gasteiger partial charge on any atom is -0.497 e. The molecule has 0 amide bonds. The zero-order valence-corrected chi connectivity index (χ0v) is 19.7. The molecule has 1 aromatic carbocycles. The maximum absolute atomic E-state index is 12.5. The molecule has 0 saturated carbocycles.